The number of carbonyl (C=O) groups excluding carboxylic acids is 3. The van der Waals surface area contributed by atoms with Crippen molar-refractivity contribution in [2.75, 3.05) is 6.54 Å². The van der Waals surface area contributed by atoms with E-state index in [1.807, 2.05) is 6.92 Å². The topological polar surface area (TPSA) is 66.5 Å². The van der Waals surface area contributed by atoms with Crippen LogP contribution in [0.15, 0.2) is 18.2 Å². The molecular formula is C17H18Cl2N2O3. The Labute approximate surface area is 150 Å². The summed E-state index contributed by atoms with van der Waals surface area (Å²) < 4.78 is 0. The summed E-state index contributed by atoms with van der Waals surface area (Å²) in [6, 6.07) is 4.02. The number of Topliss-reactive ketones (excluding diaryl/α,β-unsaturated/α-hetero) is 1. The Bertz CT molecular complexity index is 722. The number of nitrogens with zero attached hydrogens (tertiary/aromatic N) is 1. The second-order valence-corrected chi connectivity index (χ2v) is 7.33. The van der Waals surface area contributed by atoms with Crippen LogP contribution in [0, 0.1) is 5.92 Å². The first-order chi connectivity index (χ1) is 11.3. The number of rotatable bonds is 3. The fourth-order valence-corrected chi connectivity index (χ4v) is 4.10. The molecule has 7 heteroatoms. The fraction of sp³-hybridized carbons (Fsp3) is 0.471. The summed E-state index contributed by atoms with van der Waals surface area (Å²) in [5.74, 6) is -0.638. The molecule has 1 N–H and O–H groups in total. The lowest BCUT2D eigenvalue weighted by Crippen LogP contribution is -2.54. The highest BCUT2D eigenvalue weighted by Gasteiger charge is 2.55. The van der Waals surface area contributed by atoms with Gasteiger partial charge in [-0.25, -0.2) is 4.79 Å². The zero-order valence-corrected chi connectivity index (χ0v) is 14.8. The summed E-state index contributed by atoms with van der Waals surface area (Å²) in [6.07, 6.45) is 3.44. The van der Waals surface area contributed by atoms with Gasteiger partial charge in [0.1, 0.15) is 5.54 Å². The van der Waals surface area contributed by atoms with Gasteiger partial charge in [0, 0.05) is 10.6 Å². The van der Waals surface area contributed by atoms with Crippen molar-refractivity contribution >= 4 is 40.9 Å². The number of amides is 3. The van der Waals surface area contributed by atoms with E-state index in [1.165, 1.54) is 12.1 Å². The lowest BCUT2D eigenvalue weighted by Gasteiger charge is -2.36. The average molecular weight is 369 g/mol. The minimum Gasteiger partial charge on any atom is -0.323 e. The molecule has 3 amide bonds. The molecule has 2 aliphatic rings. The van der Waals surface area contributed by atoms with E-state index in [1.54, 1.807) is 6.07 Å². The Morgan fingerprint density at radius 2 is 2.08 bits per heavy atom. The number of urea groups is 1. The van der Waals surface area contributed by atoms with Gasteiger partial charge in [0.05, 0.1) is 11.6 Å². The third-order valence-electron chi connectivity index (χ3n) is 5.03. The van der Waals surface area contributed by atoms with E-state index in [2.05, 4.69) is 5.32 Å². The summed E-state index contributed by atoms with van der Waals surface area (Å²) in [5.41, 5.74) is -0.612. The van der Waals surface area contributed by atoms with E-state index in [4.69, 9.17) is 23.2 Å². The Balaban J connectivity index is 1.81. The van der Waals surface area contributed by atoms with Gasteiger partial charge in [-0.05, 0) is 37.0 Å². The largest absolute Gasteiger partial charge is 0.325 e. The van der Waals surface area contributed by atoms with Crippen LogP contribution in [0.2, 0.25) is 10.0 Å². The van der Waals surface area contributed by atoms with E-state index in [0.717, 1.165) is 24.2 Å². The van der Waals surface area contributed by atoms with E-state index in [9.17, 15) is 14.4 Å². The molecule has 0 unspecified atom stereocenters. The number of ketones is 1. The van der Waals surface area contributed by atoms with Crippen molar-refractivity contribution in [1.82, 2.24) is 10.2 Å². The minimum absolute atomic E-state index is 0.0573. The van der Waals surface area contributed by atoms with Crippen molar-refractivity contribution in [3.8, 4) is 0 Å². The highest BCUT2D eigenvalue weighted by Crippen LogP contribution is 2.38. The van der Waals surface area contributed by atoms with E-state index in [0.29, 0.717) is 11.4 Å². The number of hydrogen-bond acceptors (Lipinski definition) is 3. The molecular weight excluding hydrogens is 351 g/mol. The third kappa shape index (κ3) is 2.80. The summed E-state index contributed by atoms with van der Waals surface area (Å²) >= 11 is 11.9. The maximum Gasteiger partial charge on any atom is 0.325 e. The Morgan fingerprint density at radius 3 is 2.75 bits per heavy atom. The standard InChI is InChI=1S/C17H18Cl2N2O3/c1-10-4-2-3-7-17(10)15(23)21(16(24)20-17)9-14(22)12-6-5-11(18)8-13(12)19/h5-6,8,10H,2-4,7,9H2,1H3,(H,20,24)/t10-,17+/m0/s1. The monoisotopic (exact) mass is 368 g/mol. The number of nitrogens with one attached hydrogen (secondary N) is 1. The van der Waals surface area contributed by atoms with Crippen LogP contribution in [-0.4, -0.2) is 34.7 Å². The number of hydrogen-bond donors (Lipinski definition) is 1. The lowest BCUT2D eigenvalue weighted by molar-refractivity contribution is -0.133. The molecule has 1 heterocycles. The first-order valence-corrected chi connectivity index (χ1v) is 8.73. The van der Waals surface area contributed by atoms with Gasteiger partial charge >= 0.3 is 6.03 Å². The molecule has 1 spiro atoms. The van der Waals surface area contributed by atoms with Gasteiger partial charge in [-0.1, -0.05) is 43.0 Å². The highest BCUT2D eigenvalue weighted by molar-refractivity contribution is 6.37. The quantitative estimate of drug-likeness (QED) is 0.653. The molecule has 2 fully saturated rings. The van der Waals surface area contributed by atoms with Crippen LogP contribution in [0.5, 0.6) is 0 Å². The van der Waals surface area contributed by atoms with Crippen molar-refractivity contribution in [1.29, 1.82) is 0 Å². The molecule has 0 radical (unpaired) electrons. The van der Waals surface area contributed by atoms with Crippen molar-refractivity contribution in [2.45, 2.75) is 38.1 Å². The van der Waals surface area contributed by atoms with Gasteiger partial charge in [-0.3, -0.25) is 14.5 Å². The van der Waals surface area contributed by atoms with Crippen LogP contribution in [0.4, 0.5) is 4.79 Å². The molecule has 1 aromatic carbocycles. The molecule has 2 atom stereocenters. The van der Waals surface area contributed by atoms with Gasteiger partial charge in [-0.15, -0.1) is 0 Å². The molecule has 1 aromatic rings. The molecule has 1 saturated heterocycles. The predicted molar refractivity (Wildman–Crippen MR) is 91.4 cm³/mol. The summed E-state index contributed by atoms with van der Waals surface area (Å²) in [4.78, 5) is 38.6. The lowest BCUT2D eigenvalue weighted by atomic mass is 9.73. The van der Waals surface area contributed by atoms with Crippen molar-refractivity contribution in [3.05, 3.63) is 33.8 Å². The Kier molecular flexibility index (Phi) is 4.58. The predicted octanol–water partition coefficient (Wildman–Crippen LogP) is 3.68. The van der Waals surface area contributed by atoms with Gasteiger partial charge in [-0.2, -0.15) is 0 Å². The van der Waals surface area contributed by atoms with E-state index in [-0.39, 0.29) is 34.7 Å². The zero-order chi connectivity index (χ0) is 17.5. The molecule has 128 valence electrons. The van der Waals surface area contributed by atoms with Crippen LogP contribution in [0.25, 0.3) is 0 Å². The summed E-state index contributed by atoms with van der Waals surface area (Å²) in [5, 5.41) is 3.46. The number of imide groups is 1. The first-order valence-electron chi connectivity index (χ1n) is 7.97. The minimum atomic E-state index is -0.862. The average Bonchev–Trinajstić information content (AvgIpc) is 2.75. The molecule has 3 rings (SSSR count). The summed E-state index contributed by atoms with van der Waals surface area (Å²) in [7, 11) is 0. The maximum absolute atomic E-state index is 12.8. The van der Waals surface area contributed by atoms with Crippen LogP contribution in [0.1, 0.15) is 43.0 Å². The number of halogens is 2. The van der Waals surface area contributed by atoms with Crippen molar-refractivity contribution in [3.63, 3.8) is 0 Å². The maximum atomic E-state index is 12.8. The van der Waals surface area contributed by atoms with Gasteiger partial charge in [0.25, 0.3) is 5.91 Å². The molecule has 1 saturated carbocycles. The molecule has 0 bridgehead atoms. The SMILES string of the molecule is C[C@H]1CCCC[C@@]12NC(=O)N(CC(=O)c1ccc(Cl)cc1Cl)C2=O. The normalized spacial score (nSPS) is 26.8. The van der Waals surface area contributed by atoms with Gasteiger partial charge in [0.2, 0.25) is 0 Å². The Hall–Kier alpha value is -1.59. The van der Waals surface area contributed by atoms with Crippen molar-refractivity contribution in [2.24, 2.45) is 5.92 Å². The summed E-state index contributed by atoms with van der Waals surface area (Å²) in [6.45, 7) is 1.65. The first kappa shape index (κ1) is 17.2. The molecule has 5 nitrogen and oxygen atoms in total. The fourth-order valence-electron chi connectivity index (χ4n) is 3.58. The number of carbonyl (C=O) groups is 3. The van der Waals surface area contributed by atoms with Crippen molar-refractivity contribution < 1.29 is 14.4 Å². The van der Waals surface area contributed by atoms with Crippen LogP contribution < -0.4 is 5.32 Å². The second kappa shape index (κ2) is 6.37. The molecule has 1 aliphatic carbocycles. The molecule has 1 aliphatic heterocycles. The Morgan fingerprint density at radius 1 is 1.33 bits per heavy atom. The zero-order valence-electron chi connectivity index (χ0n) is 13.3. The van der Waals surface area contributed by atoms with Gasteiger partial charge in [0.15, 0.2) is 5.78 Å². The number of benzene rings is 1. The van der Waals surface area contributed by atoms with Crippen LogP contribution in [-0.2, 0) is 4.79 Å². The van der Waals surface area contributed by atoms with Crippen LogP contribution >= 0.6 is 23.2 Å². The molecule has 0 aromatic heterocycles. The second-order valence-electron chi connectivity index (χ2n) is 6.49. The van der Waals surface area contributed by atoms with Crippen LogP contribution in [0.3, 0.4) is 0 Å². The third-order valence-corrected chi connectivity index (χ3v) is 5.58. The molecule has 24 heavy (non-hydrogen) atoms. The highest BCUT2D eigenvalue weighted by atomic mass is 35.5. The van der Waals surface area contributed by atoms with E-state index >= 15 is 0 Å². The van der Waals surface area contributed by atoms with E-state index < -0.39 is 11.6 Å². The van der Waals surface area contributed by atoms with Gasteiger partial charge < -0.3 is 5.32 Å². The smallest absolute Gasteiger partial charge is 0.323 e.